The van der Waals surface area contributed by atoms with E-state index in [9.17, 15) is 5.21 Å². The Morgan fingerprint density at radius 3 is 2.57 bits per heavy atom. The van der Waals surface area contributed by atoms with Gasteiger partial charge in [0.2, 0.25) is 0 Å². The van der Waals surface area contributed by atoms with Crippen molar-refractivity contribution in [1.82, 2.24) is 0 Å². The Kier molecular flexibility index (Phi) is 1.43. The predicted octanol–water partition coefficient (Wildman–Crippen LogP) is -2.60. The molecule has 42 valence electrons. The van der Waals surface area contributed by atoms with Crippen LogP contribution in [-0.4, -0.2) is 23.3 Å². The van der Waals surface area contributed by atoms with Gasteiger partial charge in [-0.15, -0.1) is 0 Å². The van der Waals surface area contributed by atoms with Crippen LogP contribution < -0.4 is 5.06 Å². The van der Waals surface area contributed by atoms with Crippen molar-refractivity contribution in [1.29, 1.82) is 0 Å². The van der Waals surface area contributed by atoms with Crippen molar-refractivity contribution in [2.45, 2.75) is 12.6 Å². The van der Waals surface area contributed by atoms with Gasteiger partial charge in [-0.05, 0) is 0 Å². The van der Waals surface area contributed by atoms with Gasteiger partial charge in [0.25, 0.3) is 0 Å². The third-order valence-electron chi connectivity index (χ3n) is 1.30. The van der Waals surface area contributed by atoms with Gasteiger partial charge in [0.15, 0.2) is 16.7 Å². The van der Waals surface area contributed by atoms with Gasteiger partial charge in [0, 0.05) is 0 Å². The Morgan fingerprint density at radius 2 is 2.57 bits per heavy atom. The summed E-state index contributed by atoms with van der Waals surface area (Å²) in [6.45, 7) is 0.743. The van der Waals surface area contributed by atoms with Gasteiger partial charge in [-0.3, -0.25) is 0 Å². The van der Waals surface area contributed by atoms with Crippen LogP contribution in [0, 0.1) is 5.21 Å². The molecular weight excluding hydrogens is 110 g/mol. The first-order chi connectivity index (χ1) is 3.34. The second-order valence-electron chi connectivity index (χ2n) is 1.73. The van der Waals surface area contributed by atoms with Gasteiger partial charge in [-0.25, -0.2) is 0 Å². The Balaban J connectivity index is 2.16. The number of nitrogens with one attached hydrogen (secondary N) is 1. The molecule has 3 nitrogen and oxygen atoms in total. The topological polar surface area (TPSA) is 36.7 Å². The molecule has 0 aromatic heterocycles. The first-order valence-electron chi connectivity index (χ1n) is 2.40. The van der Waals surface area contributed by atoms with E-state index in [0.717, 1.165) is 13.0 Å². The van der Waals surface area contributed by atoms with Crippen molar-refractivity contribution in [2.75, 3.05) is 6.54 Å². The minimum absolute atomic E-state index is 0.00617. The SMILES string of the molecule is [O-][NH+]1CCC1O[SiH3]. The van der Waals surface area contributed by atoms with E-state index in [1.807, 2.05) is 0 Å². The van der Waals surface area contributed by atoms with Crippen molar-refractivity contribution in [2.24, 2.45) is 0 Å². The molecule has 1 aliphatic heterocycles. The van der Waals surface area contributed by atoms with Gasteiger partial charge >= 0.3 is 0 Å². The van der Waals surface area contributed by atoms with E-state index < -0.39 is 0 Å². The minimum Gasteiger partial charge on any atom is -0.632 e. The quantitative estimate of drug-likeness (QED) is 0.303. The van der Waals surface area contributed by atoms with E-state index in [1.54, 1.807) is 0 Å². The normalized spacial score (nSPS) is 40.7. The molecule has 4 heteroatoms. The molecule has 0 aromatic carbocycles. The molecule has 0 radical (unpaired) electrons. The summed E-state index contributed by atoms with van der Waals surface area (Å²) in [6, 6.07) is 0. The predicted molar refractivity (Wildman–Crippen MR) is 28.6 cm³/mol. The highest BCUT2D eigenvalue weighted by atomic mass is 28.2. The van der Waals surface area contributed by atoms with Crippen LogP contribution >= 0.6 is 0 Å². The molecule has 1 aliphatic rings. The first kappa shape index (κ1) is 5.24. The monoisotopic (exact) mass is 119 g/mol. The molecule has 0 saturated carbocycles. The average Bonchev–Trinajstić information content (AvgIpc) is 1.65. The van der Waals surface area contributed by atoms with Crippen LogP contribution in [0.5, 0.6) is 0 Å². The molecule has 0 amide bonds. The molecule has 7 heavy (non-hydrogen) atoms. The van der Waals surface area contributed by atoms with E-state index in [-0.39, 0.29) is 11.3 Å². The standard InChI is InChI=1S/C3H9NO2Si/c5-4-2-1-3(4)6-7/h3-4H,1-2H2,7H3. The molecule has 2 unspecified atom stereocenters. The lowest BCUT2D eigenvalue weighted by molar-refractivity contribution is -0.942. The zero-order valence-corrected chi connectivity index (χ0v) is 6.31. The van der Waals surface area contributed by atoms with Crippen LogP contribution in [0.4, 0.5) is 0 Å². The molecule has 1 fully saturated rings. The zero-order chi connectivity index (χ0) is 5.28. The average molecular weight is 119 g/mol. The summed E-state index contributed by atoms with van der Waals surface area (Å²) in [4.78, 5) is 0. The Hall–Kier alpha value is 0.0969. The van der Waals surface area contributed by atoms with Crippen molar-refractivity contribution in [3.8, 4) is 0 Å². The van der Waals surface area contributed by atoms with Crippen LogP contribution in [0.1, 0.15) is 6.42 Å². The maximum absolute atomic E-state index is 10.4. The Morgan fingerprint density at radius 1 is 1.86 bits per heavy atom. The summed E-state index contributed by atoms with van der Waals surface area (Å²) in [5, 5.41) is 10.6. The highest BCUT2D eigenvalue weighted by Crippen LogP contribution is 1.91. The summed E-state index contributed by atoms with van der Waals surface area (Å²) in [7, 11) is 0.701. The van der Waals surface area contributed by atoms with E-state index in [4.69, 9.17) is 4.43 Å². The molecule has 0 aliphatic carbocycles. The van der Waals surface area contributed by atoms with E-state index in [0.29, 0.717) is 10.5 Å². The number of quaternary nitrogens is 1. The largest absolute Gasteiger partial charge is 0.632 e. The highest BCUT2D eigenvalue weighted by Gasteiger charge is 2.24. The van der Waals surface area contributed by atoms with Gasteiger partial charge < -0.3 is 14.7 Å². The molecular formula is C3H9NO2Si. The van der Waals surface area contributed by atoms with Crippen LogP contribution in [0.3, 0.4) is 0 Å². The number of hydrogen-bond donors (Lipinski definition) is 1. The third kappa shape index (κ3) is 0.831. The number of hydroxylamine groups is 2. The van der Waals surface area contributed by atoms with Crippen molar-refractivity contribution < 1.29 is 9.49 Å². The molecule has 1 rings (SSSR count). The van der Waals surface area contributed by atoms with Crippen molar-refractivity contribution in [3.05, 3.63) is 5.21 Å². The summed E-state index contributed by atoms with van der Waals surface area (Å²) in [5.41, 5.74) is 0. The second kappa shape index (κ2) is 1.91. The third-order valence-corrected chi connectivity index (χ3v) is 1.87. The number of rotatable bonds is 1. The van der Waals surface area contributed by atoms with E-state index >= 15 is 0 Å². The zero-order valence-electron chi connectivity index (χ0n) is 4.31. The fourth-order valence-electron chi connectivity index (χ4n) is 0.629. The van der Waals surface area contributed by atoms with Gasteiger partial charge in [-0.1, -0.05) is 0 Å². The first-order valence-corrected chi connectivity index (χ1v) is 3.22. The molecule has 0 bridgehead atoms. The second-order valence-corrected chi connectivity index (χ2v) is 2.20. The molecule has 0 spiro atoms. The molecule has 0 aromatic rings. The smallest absolute Gasteiger partial charge is 0.186 e. The Bertz CT molecular complexity index is 68.0. The van der Waals surface area contributed by atoms with Crippen LogP contribution in [-0.2, 0) is 4.43 Å². The Labute approximate surface area is 45.4 Å². The van der Waals surface area contributed by atoms with Gasteiger partial charge in [0.1, 0.15) is 0 Å². The van der Waals surface area contributed by atoms with E-state index in [2.05, 4.69) is 0 Å². The van der Waals surface area contributed by atoms with Crippen molar-refractivity contribution in [3.63, 3.8) is 0 Å². The molecule has 1 N–H and O–H groups in total. The lowest BCUT2D eigenvalue weighted by Crippen LogP contribution is -3.18. The molecule has 1 heterocycles. The lowest BCUT2D eigenvalue weighted by Gasteiger charge is -2.38. The minimum atomic E-state index is 0.00617. The molecule has 1 saturated heterocycles. The summed E-state index contributed by atoms with van der Waals surface area (Å²) < 4.78 is 4.89. The van der Waals surface area contributed by atoms with E-state index in [1.165, 1.54) is 0 Å². The lowest BCUT2D eigenvalue weighted by atomic mass is 10.2. The fraction of sp³-hybridized carbons (Fsp3) is 1.00. The highest BCUT2D eigenvalue weighted by molar-refractivity contribution is 5.98. The maximum atomic E-state index is 10.4. The number of hydrogen-bond acceptors (Lipinski definition) is 2. The fourth-order valence-corrected chi connectivity index (χ4v) is 1.13. The van der Waals surface area contributed by atoms with Crippen LogP contribution in [0.25, 0.3) is 0 Å². The summed E-state index contributed by atoms with van der Waals surface area (Å²) in [6.07, 6.45) is 0.967. The summed E-state index contributed by atoms with van der Waals surface area (Å²) >= 11 is 0. The van der Waals surface area contributed by atoms with Crippen LogP contribution in [0.2, 0.25) is 0 Å². The van der Waals surface area contributed by atoms with Gasteiger partial charge in [-0.2, -0.15) is 0 Å². The van der Waals surface area contributed by atoms with Crippen molar-refractivity contribution >= 4 is 10.5 Å². The van der Waals surface area contributed by atoms with Crippen LogP contribution in [0.15, 0.2) is 0 Å². The maximum Gasteiger partial charge on any atom is 0.186 e. The molecule has 2 atom stereocenters. The van der Waals surface area contributed by atoms with Gasteiger partial charge in [0.05, 0.1) is 13.0 Å². The summed E-state index contributed by atoms with van der Waals surface area (Å²) in [5.74, 6) is 0.